The van der Waals surface area contributed by atoms with E-state index < -0.39 is 0 Å². The smallest absolute Gasteiger partial charge is 0.237 e. The molecule has 1 amide bonds. The molecule has 0 bridgehead atoms. The van der Waals surface area contributed by atoms with Crippen LogP contribution in [0.3, 0.4) is 0 Å². The van der Waals surface area contributed by atoms with E-state index in [1.54, 1.807) is 12.1 Å². The van der Waals surface area contributed by atoms with Crippen LogP contribution in [0.2, 0.25) is 0 Å². The molecule has 2 heterocycles. The van der Waals surface area contributed by atoms with E-state index in [1.807, 2.05) is 37.3 Å². The van der Waals surface area contributed by atoms with Gasteiger partial charge in [-0.15, -0.1) is 0 Å². The molecule has 1 aliphatic rings. The SMILES string of the molecule is CCCCNc1nc(SC(CC)C(=O)Nc2ccc3c(c2)OCO3)nc2ccccc12. The molecule has 0 radical (unpaired) electrons. The fourth-order valence-electron chi connectivity index (χ4n) is 3.27. The fourth-order valence-corrected chi connectivity index (χ4v) is 4.16. The van der Waals surface area contributed by atoms with Gasteiger partial charge in [0.25, 0.3) is 0 Å². The summed E-state index contributed by atoms with van der Waals surface area (Å²) in [6.45, 7) is 5.20. The molecule has 2 aromatic carbocycles. The summed E-state index contributed by atoms with van der Waals surface area (Å²) in [6.07, 6.45) is 2.82. The Morgan fingerprint density at radius 1 is 1.13 bits per heavy atom. The van der Waals surface area contributed by atoms with Gasteiger partial charge in [-0.3, -0.25) is 4.79 Å². The second-order valence-electron chi connectivity index (χ2n) is 7.22. The molecule has 1 unspecified atom stereocenters. The third-order valence-electron chi connectivity index (χ3n) is 4.96. The first-order valence-corrected chi connectivity index (χ1v) is 11.4. The molecule has 0 spiro atoms. The van der Waals surface area contributed by atoms with E-state index in [-0.39, 0.29) is 18.0 Å². The van der Waals surface area contributed by atoms with Gasteiger partial charge in [0.05, 0.1) is 10.8 Å². The monoisotopic (exact) mass is 438 g/mol. The van der Waals surface area contributed by atoms with Crippen molar-refractivity contribution < 1.29 is 14.3 Å². The average molecular weight is 439 g/mol. The highest BCUT2D eigenvalue weighted by atomic mass is 32.2. The Morgan fingerprint density at radius 3 is 2.81 bits per heavy atom. The predicted molar refractivity (Wildman–Crippen MR) is 124 cm³/mol. The summed E-state index contributed by atoms with van der Waals surface area (Å²) >= 11 is 1.38. The zero-order valence-corrected chi connectivity index (χ0v) is 18.5. The maximum absolute atomic E-state index is 12.9. The van der Waals surface area contributed by atoms with E-state index >= 15 is 0 Å². The molecule has 0 saturated heterocycles. The Bertz CT molecular complexity index is 1080. The maximum atomic E-state index is 12.9. The minimum Gasteiger partial charge on any atom is -0.454 e. The minimum absolute atomic E-state index is 0.0939. The van der Waals surface area contributed by atoms with Crippen molar-refractivity contribution in [2.45, 2.75) is 43.5 Å². The number of hydrogen-bond donors (Lipinski definition) is 2. The number of thioether (sulfide) groups is 1. The summed E-state index contributed by atoms with van der Waals surface area (Å²) in [6, 6.07) is 13.3. The van der Waals surface area contributed by atoms with Crippen molar-refractivity contribution in [3.63, 3.8) is 0 Å². The Kier molecular flexibility index (Phi) is 6.76. The molecule has 0 aliphatic carbocycles. The van der Waals surface area contributed by atoms with Gasteiger partial charge in [0.2, 0.25) is 12.7 Å². The largest absolute Gasteiger partial charge is 0.454 e. The zero-order valence-electron chi connectivity index (χ0n) is 17.7. The number of benzene rings is 2. The molecule has 7 nitrogen and oxygen atoms in total. The van der Waals surface area contributed by atoms with Crippen molar-refractivity contribution in [2.75, 3.05) is 24.0 Å². The lowest BCUT2D eigenvalue weighted by molar-refractivity contribution is -0.115. The van der Waals surface area contributed by atoms with Gasteiger partial charge < -0.3 is 20.1 Å². The van der Waals surface area contributed by atoms with E-state index in [1.165, 1.54) is 11.8 Å². The number of para-hydroxylation sites is 1. The molecule has 0 fully saturated rings. The molecule has 31 heavy (non-hydrogen) atoms. The van der Waals surface area contributed by atoms with Crippen molar-refractivity contribution in [2.24, 2.45) is 0 Å². The first-order valence-electron chi connectivity index (χ1n) is 10.6. The molecule has 4 rings (SSSR count). The lowest BCUT2D eigenvalue weighted by atomic mass is 10.2. The lowest BCUT2D eigenvalue weighted by Gasteiger charge is -2.15. The first kappa shape index (κ1) is 21.2. The third kappa shape index (κ3) is 5.02. The maximum Gasteiger partial charge on any atom is 0.237 e. The van der Waals surface area contributed by atoms with Crippen LogP contribution in [-0.2, 0) is 4.79 Å². The quantitative estimate of drug-likeness (QED) is 0.274. The normalized spacial score (nSPS) is 13.2. The first-order chi connectivity index (χ1) is 15.2. The molecule has 1 aliphatic heterocycles. The van der Waals surface area contributed by atoms with Gasteiger partial charge in [0.1, 0.15) is 5.82 Å². The molecule has 1 atom stereocenters. The van der Waals surface area contributed by atoms with Gasteiger partial charge in [-0.25, -0.2) is 9.97 Å². The fraction of sp³-hybridized carbons (Fsp3) is 0.348. The van der Waals surface area contributed by atoms with Gasteiger partial charge in [0, 0.05) is 23.7 Å². The standard InChI is InChI=1S/C23H26N4O3S/c1-3-5-12-24-21-16-8-6-7-9-17(16)26-23(27-21)31-20(4-2)22(28)25-15-10-11-18-19(13-15)30-14-29-18/h6-11,13,20H,3-5,12,14H2,1-2H3,(H,25,28)(H,24,26,27). The van der Waals surface area contributed by atoms with Gasteiger partial charge in [-0.2, -0.15) is 0 Å². The van der Waals surface area contributed by atoms with Crippen LogP contribution in [0.15, 0.2) is 47.6 Å². The molecule has 3 aromatic rings. The number of carbonyl (C=O) groups is 1. The predicted octanol–water partition coefficient (Wildman–Crippen LogP) is 5.08. The molecular formula is C23H26N4O3S. The van der Waals surface area contributed by atoms with E-state index in [0.717, 1.165) is 36.1 Å². The van der Waals surface area contributed by atoms with Crippen molar-refractivity contribution in [1.29, 1.82) is 0 Å². The second kappa shape index (κ2) is 9.87. The van der Waals surface area contributed by atoms with Crippen molar-refractivity contribution in [1.82, 2.24) is 9.97 Å². The zero-order chi connectivity index (χ0) is 21.6. The van der Waals surface area contributed by atoms with Gasteiger partial charge in [-0.05, 0) is 37.1 Å². The summed E-state index contributed by atoms with van der Waals surface area (Å²) < 4.78 is 10.7. The topological polar surface area (TPSA) is 85.4 Å². The van der Waals surface area contributed by atoms with E-state index in [4.69, 9.17) is 14.5 Å². The minimum atomic E-state index is -0.324. The number of ether oxygens (including phenoxy) is 2. The molecule has 162 valence electrons. The van der Waals surface area contributed by atoms with Crippen LogP contribution in [0.4, 0.5) is 11.5 Å². The molecule has 8 heteroatoms. The highest BCUT2D eigenvalue weighted by molar-refractivity contribution is 8.00. The number of amides is 1. The van der Waals surface area contributed by atoms with Crippen LogP contribution in [0.1, 0.15) is 33.1 Å². The summed E-state index contributed by atoms with van der Waals surface area (Å²) in [5, 5.41) is 7.64. The Hall–Kier alpha value is -3.00. The number of aromatic nitrogens is 2. The van der Waals surface area contributed by atoms with Crippen LogP contribution < -0.4 is 20.1 Å². The molecular weight excluding hydrogens is 412 g/mol. The number of fused-ring (bicyclic) bond motifs is 2. The van der Waals surface area contributed by atoms with Crippen LogP contribution in [0.5, 0.6) is 11.5 Å². The van der Waals surface area contributed by atoms with Crippen LogP contribution >= 0.6 is 11.8 Å². The summed E-state index contributed by atoms with van der Waals surface area (Å²) in [7, 11) is 0. The van der Waals surface area contributed by atoms with Crippen LogP contribution in [0.25, 0.3) is 10.9 Å². The number of carbonyl (C=O) groups excluding carboxylic acids is 1. The average Bonchev–Trinajstić information content (AvgIpc) is 3.25. The summed E-state index contributed by atoms with van der Waals surface area (Å²) in [5.41, 5.74) is 1.54. The van der Waals surface area contributed by atoms with Crippen LogP contribution in [0, 0.1) is 0 Å². The number of nitrogens with zero attached hydrogens (tertiary/aromatic N) is 2. The van der Waals surface area contributed by atoms with E-state index in [9.17, 15) is 4.79 Å². The van der Waals surface area contributed by atoms with Gasteiger partial charge in [-0.1, -0.05) is 44.2 Å². The van der Waals surface area contributed by atoms with Crippen molar-refractivity contribution in [3.05, 3.63) is 42.5 Å². The summed E-state index contributed by atoms with van der Waals surface area (Å²) in [5.74, 6) is 2.04. The molecule has 1 aromatic heterocycles. The third-order valence-corrected chi connectivity index (χ3v) is 6.18. The van der Waals surface area contributed by atoms with E-state index in [0.29, 0.717) is 28.8 Å². The Balaban J connectivity index is 1.51. The number of nitrogens with one attached hydrogen (secondary N) is 2. The van der Waals surface area contributed by atoms with Gasteiger partial charge >= 0.3 is 0 Å². The number of hydrogen-bond acceptors (Lipinski definition) is 7. The number of anilines is 2. The lowest BCUT2D eigenvalue weighted by Crippen LogP contribution is -2.24. The summed E-state index contributed by atoms with van der Waals surface area (Å²) in [4.78, 5) is 22.3. The van der Waals surface area contributed by atoms with Crippen LogP contribution in [-0.4, -0.2) is 34.5 Å². The highest BCUT2D eigenvalue weighted by Crippen LogP contribution is 2.35. The van der Waals surface area contributed by atoms with Crippen molar-refractivity contribution >= 4 is 40.1 Å². The van der Waals surface area contributed by atoms with Crippen molar-refractivity contribution in [3.8, 4) is 11.5 Å². The molecule has 0 saturated carbocycles. The van der Waals surface area contributed by atoms with E-state index in [2.05, 4.69) is 22.5 Å². The number of rotatable bonds is 9. The number of unbranched alkanes of at least 4 members (excludes halogenated alkanes) is 1. The Labute approximate surface area is 185 Å². The molecule has 2 N–H and O–H groups in total. The Morgan fingerprint density at radius 2 is 1.97 bits per heavy atom. The highest BCUT2D eigenvalue weighted by Gasteiger charge is 2.22. The van der Waals surface area contributed by atoms with Gasteiger partial charge in [0.15, 0.2) is 16.7 Å². The second-order valence-corrected chi connectivity index (χ2v) is 8.39.